The molecule has 1 spiro atoms. The topological polar surface area (TPSA) is 108 Å². The zero-order valence-electron chi connectivity index (χ0n) is 20.5. The van der Waals surface area contributed by atoms with Gasteiger partial charge in [0.2, 0.25) is 17.7 Å². The van der Waals surface area contributed by atoms with Crippen LogP contribution in [0.25, 0.3) is 0 Å². The minimum Gasteiger partial charge on any atom is -0.492 e. The van der Waals surface area contributed by atoms with Crippen molar-refractivity contribution in [2.24, 2.45) is 0 Å². The van der Waals surface area contributed by atoms with Gasteiger partial charge < -0.3 is 15.0 Å². The molecule has 0 aromatic heterocycles. The first-order valence-corrected chi connectivity index (χ1v) is 13.0. The highest BCUT2D eigenvalue weighted by atomic mass is 16.5. The number of piperidine rings is 2. The molecule has 0 aliphatic carbocycles. The van der Waals surface area contributed by atoms with Gasteiger partial charge in [-0.15, -0.1) is 0 Å². The van der Waals surface area contributed by atoms with Gasteiger partial charge in [0.15, 0.2) is 0 Å². The van der Waals surface area contributed by atoms with Crippen molar-refractivity contribution >= 4 is 29.3 Å². The predicted molar refractivity (Wildman–Crippen MR) is 133 cm³/mol. The molecule has 1 atom stereocenters. The van der Waals surface area contributed by atoms with Crippen LogP contribution in [0.5, 0.6) is 5.75 Å². The summed E-state index contributed by atoms with van der Waals surface area (Å²) >= 11 is 0. The SMILES string of the molecule is O=C1CCC(N2Cc3cc4c(cc3C2=O)OCC42CCN(Cc3cccc4c3CC(=O)N4)CC2)C(=O)N1. The van der Waals surface area contributed by atoms with Gasteiger partial charge in [0, 0.05) is 41.7 Å². The van der Waals surface area contributed by atoms with Crippen molar-refractivity contribution < 1.29 is 23.9 Å². The van der Waals surface area contributed by atoms with Crippen LogP contribution in [0.1, 0.15) is 58.3 Å². The predicted octanol–water partition coefficient (Wildman–Crippen LogP) is 1.87. The van der Waals surface area contributed by atoms with Crippen LogP contribution in [-0.4, -0.2) is 59.2 Å². The molecule has 5 aliphatic heterocycles. The molecule has 2 aromatic carbocycles. The first-order chi connectivity index (χ1) is 17.9. The Morgan fingerprint density at radius 2 is 1.86 bits per heavy atom. The highest BCUT2D eigenvalue weighted by Gasteiger charge is 2.46. The van der Waals surface area contributed by atoms with Gasteiger partial charge in [0.05, 0.1) is 13.0 Å². The van der Waals surface area contributed by atoms with E-state index < -0.39 is 11.9 Å². The Balaban J connectivity index is 1.08. The summed E-state index contributed by atoms with van der Waals surface area (Å²) in [6.07, 6.45) is 2.96. The van der Waals surface area contributed by atoms with E-state index in [0.717, 1.165) is 55.0 Å². The fraction of sp³-hybridized carbons (Fsp3) is 0.429. The van der Waals surface area contributed by atoms with Gasteiger partial charge in [-0.05, 0) is 67.2 Å². The molecular formula is C28H28N4O5. The van der Waals surface area contributed by atoms with E-state index in [-0.39, 0.29) is 29.6 Å². The number of imide groups is 1. The monoisotopic (exact) mass is 500 g/mol. The van der Waals surface area contributed by atoms with Crippen molar-refractivity contribution in [3.8, 4) is 5.75 Å². The Morgan fingerprint density at radius 1 is 1.03 bits per heavy atom. The van der Waals surface area contributed by atoms with Gasteiger partial charge in [-0.25, -0.2) is 0 Å². The van der Waals surface area contributed by atoms with Gasteiger partial charge in [-0.1, -0.05) is 12.1 Å². The van der Waals surface area contributed by atoms with E-state index in [1.807, 2.05) is 18.2 Å². The Labute approximate surface area is 214 Å². The molecule has 1 unspecified atom stereocenters. The van der Waals surface area contributed by atoms with E-state index >= 15 is 0 Å². The average molecular weight is 501 g/mol. The largest absolute Gasteiger partial charge is 0.492 e. The number of ether oxygens (including phenoxy) is 1. The number of anilines is 1. The molecule has 190 valence electrons. The molecule has 2 fully saturated rings. The fourth-order valence-corrected chi connectivity index (χ4v) is 6.68. The number of nitrogens with zero attached hydrogens (tertiary/aromatic N) is 2. The van der Waals surface area contributed by atoms with E-state index in [1.165, 1.54) is 11.1 Å². The van der Waals surface area contributed by atoms with E-state index in [0.29, 0.717) is 31.6 Å². The molecule has 7 rings (SSSR count). The van der Waals surface area contributed by atoms with Crippen molar-refractivity contribution in [3.05, 3.63) is 58.1 Å². The zero-order valence-corrected chi connectivity index (χ0v) is 20.5. The third-order valence-electron chi connectivity index (χ3n) is 8.79. The number of fused-ring (bicyclic) bond motifs is 4. The van der Waals surface area contributed by atoms with Gasteiger partial charge >= 0.3 is 0 Å². The lowest BCUT2D eigenvalue weighted by molar-refractivity contribution is -0.137. The van der Waals surface area contributed by atoms with E-state index in [9.17, 15) is 19.2 Å². The summed E-state index contributed by atoms with van der Waals surface area (Å²) in [5.74, 6) is -0.0183. The quantitative estimate of drug-likeness (QED) is 0.623. The summed E-state index contributed by atoms with van der Waals surface area (Å²) in [5.41, 5.74) is 5.87. The van der Waals surface area contributed by atoms with Crippen molar-refractivity contribution in [2.45, 2.75) is 56.7 Å². The second-order valence-corrected chi connectivity index (χ2v) is 10.9. The van der Waals surface area contributed by atoms with Crippen LogP contribution in [-0.2, 0) is 39.3 Å². The van der Waals surface area contributed by atoms with E-state index in [2.05, 4.69) is 27.7 Å². The van der Waals surface area contributed by atoms with Gasteiger partial charge in [0.25, 0.3) is 5.91 Å². The van der Waals surface area contributed by atoms with Crippen LogP contribution >= 0.6 is 0 Å². The minimum absolute atomic E-state index is 0.0574. The van der Waals surface area contributed by atoms with Crippen LogP contribution in [0.15, 0.2) is 30.3 Å². The summed E-state index contributed by atoms with van der Waals surface area (Å²) in [6, 6.07) is 9.45. The first kappa shape index (κ1) is 22.5. The highest BCUT2D eigenvalue weighted by molar-refractivity contribution is 6.05. The molecule has 5 heterocycles. The summed E-state index contributed by atoms with van der Waals surface area (Å²) in [5, 5.41) is 5.30. The van der Waals surface area contributed by atoms with E-state index in [4.69, 9.17) is 4.74 Å². The van der Waals surface area contributed by atoms with Gasteiger partial charge in [-0.2, -0.15) is 0 Å². The van der Waals surface area contributed by atoms with Crippen LogP contribution in [0.3, 0.4) is 0 Å². The van der Waals surface area contributed by atoms with Crippen LogP contribution in [0.4, 0.5) is 5.69 Å². The number of benzene rings is 2. The van der Waals surface area contributed by atoms with Crippen LogP contribution in [0.2, 0.25) is 0 Å². The highest BCUT2D eigenvalue weighted by Crippen LogP contribution is 2.48. The maximum Gasteiger partial charge on any atom is 0.255 e. The number of likely N-dealkylation sites (tertiary alicyclic amines) is 1. The lowest BCUT2D eigenvalue weighted by Crippen LogP contribution is -2.52. The smallest absolute Gasteiger partial charge is 0.255 e. The third kappa shape index (κ3) is 3.55. The molecular weight excluding hydrogens is 472 g/mol. The van der Waals surface area contributed by atoms with Crippen molar-refractivity contribution in [1.29, 1.82) is 0 Å². The summed E-state index contributed by atoms with van der Waals surface area (Å²) in [6.45, 7) is 3.66. The Kier molecular flexibility index (Phi) is 4.95. The third-order valence-corrected chi connectivity index (χ3v) is 8.79. The molecule has 5 aliphatic rings. The fourth-order valence-electron chi connectivity index (χ4n) is 6.68. The number of carbonyl (C=O) groups excluding carboxylic acids is 4. The minimum atomic E-state index is -0.615. The molecule has 9 heteroatoms. The molecule has 0 saturated carbocycles. The normalized spacial score (nSPS) is 24.0. The number of hydrogen-bond acceptors (Lipinski definition) is 6. The van der Waals surface area contributed by atoms with Crippen LogP contribution in [0, 0.1) is 0 Å². The molecule has 9 nitrogen and oxygen atoms in total. The molecule has 2 saturated heterocycles. The Hall–Kier alpha value is -3.72. The lowest BCUT2D eigenvalue weighted by Gasteiger charge is -2.38. The Bertz CT molecular complexity index is 1380. The van der Waals surface area contributed by atoms with Crippen molar-refractivity contribution in [2.75, 3.05) is 25.0 Å². The molecule has 2 aromatic rings. The number of nitrogens with one attached hydrogen (secondary N) is 2. The maximum atomic E-state index is 13.2. The van der Waals surface area contributed by atoms with Crippen LogP contribution < -0.4 is 15.4 Å². The van der Waals surface area contributed by atoms with Gasteiger partial charge in [0.1, 0.15) is 11.8 Å². The van der Waals surface area contributed by atoms with Crippen molar-refractivity contribution in [3.63, 3.8) is 0 Å². The molecule has 0 bridgehead atoms. The second-order valence-electron chi connectivity index (χ2n) is 10.9. The number of hydrogen-bond donors (Lipinski definition) is 2. The van der Waals surface area contributed by atoms with Crippen molar-refractivity contribution in [1.82, 2.24) is 15.1 Å². The number of rotatable bonds is 3. The second kappa shape index (κ2) is 8.14. The standard InChI is InChI=1S/C28H28N4O5/c33-24-5-4-22(26(35)30-24)32-14-17-10-20-23(11-19(17)27(32)36)37-15-28(20)6-8-31(9-7-28)13-16-2-1-3-21-18(16)12-25(34)29-21/h1-3,10-11,22H,4-9,12-15H2,(H,29,34)(H,30,33,35). The van der Waals surface area contributed by atoms with E-state index in [1.54, 1.807) is 4.90 Å². The molecule has 4 amide bonds. The number of carbonyl (C=O) groups is 4. The zero-order chi connectivity index (χ0) is 25.3. The molecule has 37 heavy (non-hydrogen) atoms. The first-order valence-electron chi connectivity index (χ1n) is 13.0. The molecule has 2 N–H and O–H groups in total. The molecule has 0 radical (unpaired) electrons. The summed E-state index contributed by atoms with van der Waals surface area (Å²) in [7, 11) is 0. The average Bonchev–Trinajstić information content (AvgIpc) is 3.53. The maximum absolute atomic E-state index is 13.2. The summed E-state index contributed by atoms with van der Waals surface area (Å²) in [4.78, 5) is 53.1. The van der Waals surface area contributed by atoms with Gasteiger partial charge in [-0.3, -0.25) is 29.4 Å². The number of amides is 4. The lowest BCUT2D eigenvalue weighted by atomic mass is 9.73. The Morgan fingerprint density at radius 3 is 2.68 bits per heavy atom. The summed E-state index contributed by atoms with van der Waals surface area (Å²) < 4.78 is 6.15.